The van der Waals surface area contributed by atoms with Crippen LogP contribution in [0.15, 0.2) is 59.4 Å². The fraction of sp³-hybridized carbons (Fsp3) is 0.304. The molecule has 0 aliphatic carbocycles. The molecule has 0 unspecified atom stereocenters. The zero-order valence-corrected chi connectivity index (χ0v) is 15.9. The summed E-state index contributed by atoms with van der Waals surface area (Å²) in [5, 5.41) is 3.77. The quantitative estimate of drug-likeness (QED) is 0.718. The number of rotatable bonds is 5. The summed E-state index contributed by atoms with van der Waals surface area (Å²) in [6.45, 7) is 3.58. The van der Waals surface area contributed by atoms with Gasteiger partial charge in [0.25, 0.3) is 11.5 Å². The number of carbonyl (C=O) groups is 1. The highest BCUT2D eigenvalue weighted by molar-refractivity contribution is 5.97. The number of hydrogen-bond acceptors (Lipinski definition) is 3. The van der Waals surface area contributed by atoms with Crippen molar-refractivity contribution < 1.29 is 4.79 Å². The summed E-state index contributed by atoms with van der Waals surface area (Å²) in [6, 6.07) is 17.3. The number of carbonyl (C=O) groups excluding carboxylic acids is 1. The minimum atomic E-state index is -0.363. The lowest BCUT2D eigenvalue weighted by molar-refractivity contribution is 0.0949. The molecule has 0 spiro atoms. The Balaban J connectivity index is 1.48. The second kappa shape index (κ2) is 8.40. The monoisotopic (exact) mass is 375 g/mol. The van der Waals surface area contributed by atoms with E-state index in [9.17, 15) is 9.59 Å². The minimum Gasteiger partial charge on any atom is -0.348 e. The Morgan fingerprint density at radius 1 is 0.964 bits per heavy atom. The van der Waals surface area contributed by atoms with Gasteiger partial charge in [0.15, 0.2) is 0 Å². The number of fused-ring (bicyclic) bond motifs is 1. The molecule has 0 atom stereocenters. The first-order valence-corrected chi connectivity index (χ1v) is 9.90. The van der Waals surface area contributed by atoms with Gasteiger partial charge in [0.2, 0.25) is 0 Å². The molecule has 0 saturated carbocycles. The summed E-state index contributed by atoms with van der Waals surface area (Å²) in [7, 11) is 0. The van der Waals surface area contributed by atoms with Gasteiger partial charge >= 0.3 is 0 Å². The van der Waals surface area contributed by atoms with Crippen molar-refractivity contribution in [3.05, 3.63) is 81.6 Å². The number of amides is 1. The average molecular weight is 375 g/mol. The second-order valence-corrected chi connectivity index (χ2v) is 7.39. The smallest absolute Gasteiger partial charge is 0.261 e. The molecule has 2 N–H and O–H groups in total. The lowest BCUT2D eigenvalue weighted by Gasteiger charge is -2.27. The third-order valence-corrected chi connectivity index (χ3v) is 5.40. The first kappa shape index (κ1) is 18.4. The molecule has 5 nitrogen and oxygen atoms in total. The molecule has 0 radical (unpaired) electrons. The van der Waals surface area contributed by atoms with Gasteiger partial charge in [-0.2, -0.15) is 0 Å². The van der Waals surface area contributed by atoms with Crippen molar-refractivity contribution in [1.82, 2.24) is 15.2 Å². The van der Waals surface area contributed by atoms with E-state index in [1.165, 1.54) is 24.8 Å². The number of hydrogen-bond donors (Lipinski definition) is 2. The first-order valence-electron chi connectivity index (χ1n) is 9.90. The predicted octanol–water partition coefficient (Wildman–Crippen LogP) is 3.44. The van der Waals surface area contributed by atoms with Gasteiger partial charge in [0, 0.05) is 18.6 Å². The Morgan fingerprint density at radius 3 is 2.50 bits per heavy atom. The third-order valence-electron chi connectivity index (χ3n) is 5.40. The highest BCUT2D eigenvalue weighted by Gasteiger charge is 2.15. The number of nitrogens with one attached hydrogen (secondary N) is 2. The molecular formula is C23H25N3O2. The summed E-state index contributed by atoms with van der Waals surface area (Å²) < 4.78 is 0. The number of H-pyrrole nitrogens is 1. The Labute approximate surface area is 164 Å². The van der Waals surface area contributed by atoms with Crippen LogP contribution in [0.5, 0.6) is 0 Å². The summed E-state index contributed by atoms with van der Waals surface area (Å²) in [5.74, 6) is -0.347. The van der Waals surface area contributed by atoms with Crippen molar-refractivity contribution in [2.24, 2.45) is 0 Å². The molecule has 0 bridgehead atoms. The van der Waals surface area contributed by atoms with Gasteiger partial charge in [-0.3, -0.25) is 14.5 Å². The van der Waals surface area contributed by atoms with Crippen LogP contribution in [0.2, 0.25) is 0 Å². The maximum Gasteiger partial charge on any atom is 0.261 e. The largest absolute Gasteiger partial charge is 0.348 e. The molecule has 5 heteroatoms. The van der Waals surface area contributed by atoms with Gasteiger partial charge in [-0.05, 0) is 54.6 Å². The Hall–Kier alpha value is -2.92. The molecule has 28 heavy (non-hydrogen) atoms. The maximum atomic E-state index is 12.6. The van der Waals surface area contributed by atoms with Crippen LogP contribution in [0.3, 0.4) is 0 Å². The van der Waals surface area contributed by atoms with E-state index >= 15 is 0 Å². The number of likely N-dealkylation sites (tertiary alicyclic amines) is 1. The van der Waals surface area contributed by atoms with Gasteiger partial charge in [0.1, 0.15) is 5.56 Å². The highest BCUT2D eigenvalue weighted by Crippen LogP contribution is 2.16. The highest BCUT2D eigenvalue weighted by atomic mass is 16.2. The van der Waals surface area contributed by atoms with Gasteiger partial charge in [-0.15, -0.1) is 0 Å². The number of piperidine rings is 1. The van der Waals surface area contributed by atoms with Crippen molar-refractivity contribution in [1.29, 1.82) is 0 Å². The fourth-order valence-electron chi connectivity index (χ4n) is 3.83. The Kier molecular flexibility index (Phi) is 5.53. The van der Waals surface area contributed by atoms with Gasteiger partial charge < -0.3 is 10.3 Å². The summed E-state index contributed by atoms with van der Waals surface area (Å²) in [6.07, 6.45) is 3.82. The number of nitrogens with zero attached hydrogens (tertiary/aromatic N) is 1. The summed E-state index contributed by atoms with van der Waals surface area (Å²) >= 11 is 0. The van der Waals surface area contributed by atoms with E-state index in [1.807, 2.05) is 42.5 Å². The molecule has 1 saturated heterocycles. The van der Waals surface area contributed by atoms with E-state index in [0.29, 0.717) is 6.54 Å². The molecule has 2 aromatic carbocycles. The van der Waals surface area contributed by atoms with Crippen molar-refractivity contribution in [2.45, 2.75) is 32.4 Å². The number of aromatic nitrogens is 1. The molecular weight excluding hydrogens is 350 g/mol. The summed E-state index contributed by atoms with van der Waals surface area (Å²) in [4.78, 5) is 30.2. The van der Waals surface area contributed by atoms with Crippen LogP contribution in [0.4, 0.5) is 0 Å². The summed E-state index contributed by atoms with van der Waals surface area (Å²) in [5.41, 5.74) is 2.84. The predicted molar refractivity (Wildman–Crippen MR) is 111 cm³/mol. The van der Waals surface area contributed by atoms with E-state index < -0.39 is 0 Å². The molecule has 3 aromatic rings. The van der Waals surface area contributed by atoms with Crippen LogP contribution in [-0.2, 0) is 13.1 Å². The zero-order valence-electron chi connectivity index (χ0n) is 15.9. The number of benzene rings is 2. The maximum absolute atomic E-state index is 12.6. The molecule has 144 valence electrons. The van der Waals surface area contributed by atoms with Crippen molar-refractivity contribution in [3.63, 3.8) is 0 Å². The van der Waals surface area contributed by atoms with E-state index in [1.54, 1.807) is 6.07 Å². The molecule has 1 fully saturated rings. The normalized spacial score (nSPS) is 14.9. The van der Waals surface area contributed by atoms with Crippen molar-refractivity contribution >= 4 is 16.8 Å². The van der Waals surface area contributed by atoms with Gasteiger partial charge in [-0.25, -0.2) is 0 Å². The molecule has 4 rings (SSSR count). The van der Waals surface area contributed by atoms with Gasteiger partial charge in [-0.1, -0.05) is 48.9 Å². The minimum absolute atomic E-state index is 0.146. The fourth-order valence-corrected chi connectivity index (χ4v) is 3.83. The Morgan fingerprint density at radius 2 is 1.68 bits per heavy atom. The molecule has 1 aliphatic rings. The first-order chi connectivity index (χ1) is 13.7. The van der Waals surface area contributed by atoms with Crippen LogP contribution in [0.1, 0.15) is 40.7 Å². The van der Waals surface area contributed by atoms with Crippen LogP contribution >= 0.6 is 0 Å². The van der Waals surface area contributed by atoms with Crippen LogP contribution in [-0.4, -0.2) is 28.9 Å². The number of para-hydroxylation sites is 1. The topological polar surface area (TPSA) is 65.2 Å². The third kappa shape index (κ3) is 4.15. The van der Waals surface area contributed by atoms with Gasteiger partial charge in [0.05, 0.1) is 0 Å². The molecule has 1 aromatic heterocycles. The zero-order chi connectivity index (χ0) is 19.3. The molecule has 1 aliphatic heterocycles. The second-order valence-electron chi connectivity index (χ2n) is 7.39. The molecule has 2 heterocycles. The van der Waals surface area contributed by atoms with E-state index in [-0.39, 0.29) is 17.0 Å². The lowest BCUT2D eigenvalue weighted by Crippen LogP contribution is -2.31. The van der Waals surface area contributed by atoms with E-state index in [0.717, 1.165) is 36.1 Å². The molecule has 1 amide bonds. The van der Waals surface area contributed by atoms with E-state index in [4.69, 9.17) is 0 Å². The van der Waals surface area contributed by atoms with Crippen molar-refractivity contribution in [2.75, 3.05) is 13.1 Å². The standard InChI is InChI=1S/C23H25N3O2/c27-22(20-14-17-8-4-5-11-21(17)25-23(20)28)24-15-18-9-2-3-10-19(18)16-26-12-6-1-7-13-26/h2-5,8-11,14H,1,6-7,12-13,15-16H2,(H,24,27)(H,25,28). The Bertz CT molecular complexity index is 1040. The average Bonchev–Trinajstić information content (AvgIpc) is 2.73. The van der Waals surface area contributed by atoms with Crippen LogP contribution in [0, 0.1) is 0 Å². The number of pyridine rings is 1. The SMILES string of the molecule is O=C(NCc1ccccc1CN1CCCCC1)c1cc2ccccc2[nH]c1=O. The number of aromatic amines is 1. The van der Waals surface area contributed by atoms with E-state index in [2.05, 4.69) is 21.3 Å². The van der Waals surface area contributed by atoms with Crippen LogP contribution < -0.4 is 10.9 Å². The lowest BCUT2D eigenvalue weighted by atomic mass is 10.0. The van der Waals surface area contributed by atoms with Crippen LogP contribution in [0.25, 0.3) is 10.9 Å². The van der Waals surface area contributed by atoms with Crippen molar-refractivity contribution in [3.8, 4) is 0 Å².